The van der Waals surface area contributed by atoms with Gasteiger partial charge in [0.2, 0.25) is 12.1 Å². The largest absolute Gasteiger partial charge is 0.479 e. The molecule has 9 atom stereocenters. The van der Waals surface area contributed by atoms with Crippen LogP contribution in [0.3, 0.4) is 0 Å². The second-order valence-electron chi connectivity index (χ2n) is 10.4. The average molecular weight is 477 g/mol. The summed E-state index contributed by atoms with van der Waals surface area (Å²) < 4.78 is 29.8. The average Bonchev–Trinajstić information content (AvgIpc) is 3.04. The Morgan fingerprint density at radius 3 is 2.56 bits per heavy atom. The number of benzene rings is 1. The molecule has 4 saturated heterocycles. The monoisotopic (exact) mass is 476 g/mol. The van der Waals surface area contributed by atoms with Crippen LogP contribution in [0.4, 0.5) is 0 Å². The molecule has 1 aromatic rings. The quantitative estimate of drug-likeness (QED) is 0.435. The van der Waals surface area contributed by atoms with Crippen molar-refractivity contribution in [1.29, 1.82) is 0 Å². The molecule has 0 N–H and O–H groups in total. The van der Waals surface area contributed by atoms with E-state index in [0.717, 1.165) is 25.7 Å². The second kappa shape index (κ2) is 8.97. The van der Waals surface area contributed by atoms with E-state index in [2.05, 4.69) is 13.8 Å². The summed E-state index contributed by atoms with van der Waals surface area (Å²) >= 11 is 0. The zero-order valence-electron chi connectivity index (χ0n) is 20.7. The molecule has 5 fully saturated rings. The normalized spacial score (nSPS) is 41.7. The van der Waals surface area contributed by atoms with Crippen LogP contribution in [0.2, 0.25) is 0 Å². The SMILES string of the molecule is CCOC(=O)C(C)Oc1ccc(OC2O[C@@H]3O[C@]4(C)CCC5[C@H](C)CC[C@@H]([C@H]2C)[C@]53OO4)cc1. The summed E-state index contributed by atoms with van der Waals surface area (Å²) in [6.45, 7) is 10.1. The fraction of sp³-hybridized carbons (Fsp3) is 0.731. The zero-order valence-corrected chi connectivity index (χ0v) is 20.7. The minimum atomic E-state index is -0.808. The van der Waals surface area contributed by atoms with Gasteiger partial charge in [-0.2, -0.15) is 0 Å². The second-order valence-corrected chi connectivity index (χ2v) is 10.4. The third kappa shape index (κ3) is 3.98. The van der Waals surface area contributed by atoms with Gasteiger partial charge in [0.25, 0.3) is 0 Å². The third-order valence-corrected chi connectivity index (χ3v) is 8.10. The molecule has 6 rings (SSSR count). The molecule has 1 aliphatic carbocycles. The number of hydrogen-bond donors (Lipinski definition) is 0. The topological polar surface area (TPSA) is 81.7 Å². The third-order valence-electron chi connectivity index (χ3n) is 8.10. The molecule has 8 heteroatoms. The van der Waals surface area contributed by atoms with E-state index in [9.17, 15) is 4.79 Å². The van der Waals surface area contributed by atoms with Crippen molar-refractivity contribution < 1.29 is 38.3 Å². The van der Waals surface area contributed by atoms with Gasteiger partial charge in [0.15, 0.2) is 18.0 Å². The minimum Gasteiger partial charge on any atom is -0.479 e. The van der Waals surface area contributed by atoms with E-state index < -0.39 is 30.1 Å². The van der Waals surface area contributed by atoms with E-state index in [0.29, 0.717) is 29.9 Å². The van der Waals surface area contributed by atoms with Crippen LogP contribution in [0.25, 0.3) is 0 Å². The Bertz CT molecular complexity index is 889. The lowest BCUT2D eigenvalue weighted by atomic mass is 9.58. The molecule has 34 heavy (non-hydrogen) atoms. The van der Waals surface area contributed by atoms with Crippen molar-refractivity contribution >= 4 is 5.97 Å². The predicted molar refractivity (Wildman–Crippen MR) is 121 cm³/mol. The molecule has 0 amide bonds. The predicted octanol–water partition coefficient (Wildman–Crippen LogP) is 4.60. The van der Waals surface area contributed by atoms with Crippen LogP contribution in [-0.4, -0.2) is 42.6 Å². The van der Waals surface area contributed by atoms with Gasteiger partial charge in [-0.25, -0.2) is 14.6 Å². The van der Waals surface area contributed by atoms with Gasteiger partial charge in [0.05, 0.1) is 6.61 Å². The van der Waals surface area contributed by atoms with E-state index in [-0.39, 0.29) is 17.8 Å². The molecule has 1 aromatic carbocycles. The summed E-state index contributed by atoms with van der Waals surface area (Å²) in [6.07, 6.45) is 2.23. The standard InChI is InChI=1S/C26H36O8/c1-6-28-22(27)17(4)29-18-8-10-19(11-9-18)30-23-16(3)21-12-7-15(2)20-13-14-25(5)32-24(31-23)26(20,21)34-33-25/h8-11,15-17,20-21,23-24H,6-7,12-14H2,1-5H3/t15-,16-,17?,20?,21+,23?,24-,25+,26-/m1/s1. The molecule has 4 heterocycles. The fourth-order valence-electron chi connectivity index (χ4n) is 6.25. The first-order valence-corrected chi connectivity index (χ1v) is 12.6. The fourth-order valence-corrected chi connectivity index (χ4v) is 6.25. The lowest BCUT2D eigenvalue weighted by Gasteiger charge is -2.60. The summed E-state index contributed by atoms with van der Waals surface area (Å²) in [4.78, 5) is 23.9. The van der Waals surface area contributed by atoms with Gasteiger partial charge in [-0.15, -0.1) is 0 Å². The first-order valence-electron chi connectivity index (χ1n) is 12.6. The first-order chi connectivity index (χ1) is 16.3. The Kier molecular flexibility index (Phi) is 6.29. The van der Waals surface area contributed by atoms with Gasteiger partial charge in [-0.3, -0.25) is 0 Å². The number of hydrogen-bond acceptors (Lipinski definition) is 8. The molecule has 2 bridgehead atoms. The first kappa shape index (κ1) is 23.9. The Morgan fingerprint density at radius 1 is 1.09 bits per heavy atom. The summed E-state index contributed by atoms with van der Waals surface area (Å²) in [6, 6.07) is 7.20. The van der Waals surface area contributed by atoms with Crippen LogP contribution in [0, 0.1) is 23.7 Å². The molecule has 188 valence electrons. The van der Waals surface area contributed by atoms with Gasteiger partial charge < -0.3 is 23.7 Å². The van der Waals surface area contributed by atoms with E-state index in [1.165, 1.54) is 0 Å². The summed E-state index contributed by atoms with van der Waals surface area (Å²) in [5.41, 5.74) is -0.603. The van der Waals surface area contributed by atoms with Crippen molar-refractivity contribution in [3.05, 3.63) is 24.3 Å². The highest BCUT2D eigenvalue weighted by Gasteiger charge is 2.69. The number of rotatable bonds is 6. The van der Waals surface area contributed by atoms with Crippen molar-refractivity contribution in [2.24, 2.45) is 23.7 Å². The van der Waals surface area contributed by atoms with Crippen LogP contribution in [0.1, 0.15) is 60.3 Å². The van der Waals surface area contributed by atoms with Crippen molar-refractivity contribution in [1.82, 2.24) is 0 Å². The number of carbonyl (C=O) groups excluding carboxylic acids is 1. The molecule has 0 radical (unpaired) electrons. The molecule has 4 aliphatic heterocycles. The highest BCUT2D eigenvalue weighted by molar-refractivity contribution is 5.74. The van der Waals surface area contributed by atoms with Gasteiger partial charge in [0.1, 0.15) is 11.5 Å². The summed E-state index contributed by atoms with van der Waals surface area (Å²) in [5.74, 6) is 1.15. The molecule has 1 spiro atoms. The van der Waals surface area contributed by atoms with Crippen LogP contribution in [0.15, 0.2) is 24.3 Å². The number of fused-ring (bicyclic) bond motifs is 2. The number of esters is 1. The van der Waals surface area contributed by atoms with E-state index in [1.807, 2.05) is 19.1 Å². The van der Waals surface area contributed by atoms with Crippen LogP contribution < -0.4 is 9.47 Å². The summed E-state index contributed by atoms with van der Waals surface area (Å²) in [5, 5.41) is 0. The van der Waals surface area contributed by atoms with Crippen molar-refractivity contribution in [2.75, 3.05) is 6.61 Å². The molecular formula is C26H36O8. The minimum absolute atomic E-state index is 0.0840. The molecule has 1 saturated carbocycles. The zero-order chi connectivity index (χ0) is 24.1. The number of carbonyl (C=O) groups is 1. The Morgan fingerprint density at radius 2 is 1.82 bits per heavy atom. The lowest BCUT2D eigenvalue weighted by Crippen LogP contribution is -2.70. The molecule has 0 aromatic heterocycles. The van der Waals surface area contributed by atoms with Crippen molar-refractivity contribution in [2.45, 2.75) is 90.4 Å². The summed E-state index contributed by atoms with van der Waals surface area (Å²) in [7, 11) is 0. The Labute approximate surface area is 201 Å². The molecule has 3 unspecified atom stereocenters. The van der Waals surface area contributed by atoms with Gasteiger partial charge in [-0.05, 0) is 76.1 Å². The van der Waals surface area contributed by atoms with E-state index in [4.69, 9.17) is 33.5 Å². The maximum Gasteiger partial charge on any atom is 0.347 e. The maximum atomic E-state index is 11.8. The van der Waals surface area contributed by atoms with Crippen LogP contribution in [-0.2, 0) is 28.8 Å². The highest BCUT2D eigenvalue weighted by Crippen LogP contribution is 2.60. The van der Waals surface area contributed by atoms with Gasteiger partial charge in [-0.1, -0.05) is 13.8 Å². The van der Waals surface area contributed by atoms with E-state index in [1.54, 1.807) is 26.0 Å². The van der Waals surface area contributed by atoms with Gasteiger partial charge >= 0.3 is 5.97 Å². The van der Waals surface area contributed by atoms with Crippen LogP contribution >= 0.6 is 0 Å². The molecular weight excluding hydrogens is 440 g/mol. The molecule has 5 aliphatic rings. The Hall–Kier alpha value is -1.87. The van der Waals surface area contributed by atoms with Crippen LogP contribution in [0.5, 0.6) is 11.5 Å². The van der Waals surface area contributed by atoms with E-state index >= 15 is 0 Å². The number of ether oxygens (including phenoxy) is 5. The Balaban J connectivity index is 1.31. The van der Waals surface area contributed by atoms with Gasteiger partial charge in [0, 0.05) is 18.3 Å². The smallest absolute Gasteiger partial charge is 0.347 e. The van der Waals surface area contributed by atoms with Crippen molar-refractivity contribution in [3.63, 3.8) is 0 Å². The maximum absolute atomic E-state index is 11.8. The molecule has 8 nitrogen and oxygen atoms in total. The van der Waals surface area contributed by atoms with Crippen molar-refractivity contribution in [3.8, 4) is 11.5 Å². The lowest BCUT2D eigenvalue weighted by molar-refractivity contribution is -0.575. The highest BCUT2D eigenvalue weighted by atomic mass is 17.3.